The van der Waals surface area contributed by atoms with Gasteiger partial charge in [-0.25, -0.2) is 9.79 Å². The predicted molar refractivity (Wildman–Crippen MR) is 138 cm³/mol. The van der Waals surface area contributed by atoms with Crippen LogP contribution < -0.4 is 14.9 Å². The lowest BCUT2D eigenvalue weighted by Gasteiger charge is -2.24. The zero-order chi connectivity index (χ0) is 26.1. The summed E-state index contributed by atoms with van der Waals surface area (Å²) in [4.78, 5) is 42.7. The van der Waals surface area contributed by atoms with Crippen molar-refractivity contribution in [2.45, 2.75) is 19.9 Å². The Morgan fingerprint density at radius 1 is 1.16 bits per heavy atom. The summed E-state index contributed by atoms with van der Waals surface area (Å²) in [6.07, 6.45) is 1.65. The highest BCUT2D eigenvalue weighted by Gasteiger charge is 2.37. The number of carbonyl (C=O) groups excluding carboxylic acids is 1. The molecule has 10 heteroatoms. The number of non-ortho nitro benzene ring substituents is 1. The minimum absolute atomic E-state index is 0.0432. The van der Waals surface area contributed by atoms with Crippen molar-refractivity contribution in [1.29, 1.82) is 0 Å². The number of ether oxygens (including phenoxy) is 1. The molecule has 186 valence electrons. The molecule has 0 saturated carbocycles. The first-order valence-electron chi connectivity index (χ1n) is 11.5. The van der Waals surface area contributed by atoms with Gasteiger partial charge in [0.1, 0.15) is 17.6 Å². The molecule has 5 rings (SSSR count). The van der Waals surface area contributed by atoms with E-state index in [-0.39, 0.29) is 23.4 Å². The second-order valence-corrected chi connectivity index (χ2v) is 9.24. The second kappa shape index (κ2) is 9.82. The zero-order valence-electron chi connectivity index (χ0n) is 19.9. The molecule has 1 aliphatic rings. The van der Waals surface area contributed by atoms with E-state index in [9.17, 15) is 19.7 Å². The SMILES string of the molecule is CCOC(=O)C1=C(c2ccccc2)N=c2sc(=Cc3ccc([N+](=O)[O-])cc3)c(=O)n2C1c1ccc(C)o1. The van der Waals surface area contributed by atoms with E-state index in [1.54, 1.807) is 44.2 Å². The van der Waals surface area contributed by atoms with Gasteiger partial charge in [-0.15, -0.1) is 0 Å². The van der Waals surface area contributed by atoms with Gasteiger partial charge < -0.3 is 9.15 Å². The lowest BCUT2D eigenvalue weighted by atomic mass is 9.97. The highest BCUT2D eigenvalue weighted by Crippen LogP contribution is 2.35. The molecular weight excluding hydrogens is 494 g/mol. The smallest absolute Gasteiger partial charge is 0.338 e. The van der Waals surface area contributed by atoms with Crippen molar-refractivity contribution in [3.05, 3.63) is 125 Å². The fourth-order valence-corrected chi connectivity index (χ4v) is 5.15. The van der Waals surface area contributed by atoms with Gasteiger partial charge in [0.05, 0.1) is 27.3 Å². The molecule has 4 aromatic rings. The Labute approximate surface area is 214 Å². The number of thiazole rings is 1. The van der Waals surface area contributed by atoms with E-state index in [1.165, 1.54) is 16.7 Å². The number of nitrogens with zero attached hydrogens (tertiary/aromatic N) is 3. The minimum Gasteiger partial charge on any atom is -0.464 e. The Morgan fingerprint density at radius 2 is 1.89 bits per heavy atom. The zero-order valence-corrected chi connectivity index (χ0v) is 20.7. The molecule has 3 heterocycles. The maximum Gasteiger partial charge on any atom is 0.338 e. The molecule has 0 fully saturated rings. The van der Waals surface area contributed by atoms with Gasteiger partial charge in [0.25, 0.3) is 11.2 Å². The third-order valence-corrected chi connectivity index (χ3v) is 6.79. The van der Waals surface area contributed by atoms with Crippen molar-refractivity contribution in [2.24, 2.45) is 4.99 Å². The first kappa shape index (κ1) is 24.1. The summed E-state index contributed by atoms with van der Waals surface area (Å²) < 4.78 is 13.1. The van der Waals surface area contributed by atoms with Gasteiger partial charge in [-0.2, -0.15) is 0 Å². The van der Waals surface area contributed by atoms with E-state index < -0.39 is 16.9 Å². The first-order chi connectivity index (χ1) is 17.9. The molecule has 0 aliphatic carbocycles. The Kier molecular flexibility index (Phi) is 6.41. The summed E-state index contributed by atoms with van der Waals surface area (Å²) in [7, 11) is 0. The third kappa shape index (κ3) is 4.54. The molecular formula is C27H21N3O6S. The Morgan fingerprint density at radius 3 is 2.51 bits per heavy atom. The molecule has 2 aromatic carbocycles. The van der Waals surface area contributed by atoms with Crippen LogP contribution in [-0.2, 0) is 9.53 Å². The lowest BCUT2D eigenvalue weighted by Crippen LogP contribution is -2.39. The van der Waals surface area contributed by atoms with Crippen LogP contribution in [0, 0.1) is 17.0 Å². The number of nitro benzene ring substituents is 1. The van der Waals surface area contributed by atoms with Crippen LogP contribution in [-0.4, -0.2) is 22.1 Å². The topological polar surface area (TPSA) is 117 Å². The standard InChI is InChI=1S/C27H21N3O6S/c1-3-35-26(32)22-23(18-7-5-4-6-8-18)28-27-29(24(22)20-14-9-16(2)36-20)25(31)21(37-27)15-17-10-12-19(13-11-17)30(33)34/h4-15,24H,3H2,1-2H3. The Balaban J connectivity index is 1.78. The molecule has 0 spiro atoms. The average Bonchev–Trinajstić information content (AvgIpc) is 3.46. The van der Waals surface area contributed by atoms with Crippen LogP contribution in [0.25, 0.3) is 11.8 Å². The van der Waals surface area contributed by atoms with E-state index >= 15 is 0 Å². The van der Waals surface area contributed by atoms with Crippen molar-refractivity contribution >= 4 is 34.8 Å². The van der Waals surface area contributed by atoms with Gasteiger partial charge in [0, 0.05) is 17.7 Å². The highest BCUT2D eigenvalue weighted by molar-refractivity contribution is 7.07. The number of fused-ring (bicyclic) bond motifs is 1. The predicted octanol–water partition coefficient (Wildman–Crippen LogP) is 3.75. The molecule has 0 saturated heterocycles. The van der Waals surface area contributed by atoms with Crippen molar-refractivity contribution in [1.82, 2.24) is 4.57 Å². The normalized spacial score (nSPS) is 15.3. The Hall–Kier alpha value is -4.57. The van der Waals surface area contributed by atoms with Gasteiger partial charge in [-0.05, 0) is 49.8 Å². The van der Waals surface area contributed by atoms with Gasteiger partial charge in [-0.3, -0.25) is 19.5 Å². The van der Waals surface area contributed by atoms with Gasteiger partial charge in [0.2, 0.25) is 0 Å². The van der Waals surface area contributed by atoms with Crippen molar-refractivity contribution in [2.75, 3.05) is 6.61 Å². The van der Waals surface area contributed by atoms with Crippen LogP contribution in [0.4, 0.5) is 5.69 Å². The summed E-state index contributed by atoms with van der Waals surface area (Å²) in [6.45, 7) is 3.65. The van der Waals surface area contributed by atoms with E-state index in [0.29, 0.717) is 37.7 Å². The number of aromatic nitrogens is 1. The molecule has 1 aliphatic heterocycles. The van der Waals surface area contributed by atoms with Crippen LogP contribution in [0.1, 0.15) is 35.6 Å². The molecule has 2 aromatic heterocycles. The fourth-order valence-electron chi connectivity index (χ4n) is 4.15. The number of hydrogen-bond acceptors (Lipinski definition) is 8. The molecule has 0 radical (unpaired) electrons. The number of esters is 1. The van der Waals surface area contributed by atoms with Crippen LogP contribution in [0.15, 0.2) is 86.5 Å². The summed E-state index contributed by atoms with van der Waals surface area (Å²) in [5.41, 5.74) is 1.52. The number of benzene rings is 2. The lowest BCUT2D eigenvalue weighted by molar-refractivity contribution is -0.384. The van der Waals surface area contributed by atoms with E-state index in [1.807, 2.05) is 30.3 Å². The second-order valence-electron chi connectivity index (χ2n) is 8.23. The Bertz CT molecular complexity index is 1710. The third-order valence-electron chi connectivity index (χ3n) is 5.81. The van der Waals surface area contributed by atoms with Gasteiger partial charge >= 0.3 is 5.97 Å². The number of furan rings is 1. The molecule has 0 amide bonds. The van der Waals surface area contributed by atoms with Crippen LogP contribution in [0.3, 0.4) is 0 Å². The maximum atomic E-state index is 13.7. The van der Waals surface area contributed by atoms with Crippen LogP contribution in [0.2, 0.25) is 0 Å². The summed E-state index contributed by atoms with van der Waals surface area (Å²) in [5.74, 6) is 0.449. The number of nitro groups is 1. The number of rotatable bonds is 6. The largest absolute Gasteiger partial charge is 0.464 e. The maximum absolute atomic E-state index is 13.7. The number of carbonyl (C=O) groups is 1. The molecule has 0 N–H and O–H groups in total. The molecule has 0 bridgehead atoms. The van der Waals surface area contributed by atoms with Gasteiger partial charge in [0.15, 0.2) is 4.80 Å². The summed E-state index contributed by atoms with van der Waals surface area (Å²) in [5, 5.41) is 11.0. The van der Waals surface area contributed by atoms with E-state index in [0.717, 1.165) is 11.3 Å². The van der Waals surface area contributed by atoms with E-state index in [4.69, 9.17) is 14.1 Å². The van der Waals surface area contributed by atoms with Crippen molar-refractivity contribution in [3.63, 3.8) is 0 Å². The van der Waals surface area contributed by atoms with Crippen LogP contribution in [0.5, 0.6) is 0 Å². The fraction of sp³-hybridized carbons (Fsp3) is 0.148. The monoisotopic (exact) mass is 515 g/mol. The molecule has 37 heavy (non-hydrogen) atoms. The first-order valence-corrected chi connectivity index (χ1v) is 12.3. The average molecular weight is 516 g/mol. The minimum atomic E-state index is -0.891. The summed E-state index contributed by atoms with van der Waals surface area (Å²) in [6, 6.07) is 17.8. The number of hydrogen-bond donors (Lipinski definition) is 0. The number of aryl methyl sites for hydroxylation is 1. The molecule has 1 atom stereocenters. The quantitative estimate of drug-likeness (QED) is 0.219. The highest BCUT2D eigenvalue weighted by atomic mass is 32.1. The summed E-state index contributed by atoms with van der Waals surface area (Å²) >= 11 is 1.16. The van der Waals surface area contributed by atoms with Crippen molar-refractivity contribution < 1.29 is 18.9 Å². The molecule has 1 unspecified atom stereocenters. The van der Waals surface area contributed by atoms with Crippen LogP contribution >= 0.6 is 11.3 Å². The van der Waals surface area contributed by atoms with Gasteiger partial charge in [-0.1, -0.05) is 41.7 Å². The van der Waals surface area contributed by atoms with E-state index in [2.05, 4.69) is 0 Å². The molecule has 9 nitrogen and oxygen atoms in total. The van der Waals surface area contributed by atoms with Crippen molar-refractivity contribution in [3.8, 4) is 0 Å².